The summed E-state index contributed by atoms with van der Waals surface area (Å²) in [6, 6.07) is 2.05. The molecule has 0 amide bonds. The quantitative estimate of drug-likeness (QED) is 0.514. The van der Waals surface area contributed by atoms with Gasteiger partial charge in [-0.15, -0.1) is 0 Å². The van der Waals surface area contributed by atoms with Gasteiger partial charge < -0.3 is 28.4 Å². The van der Waals surface area contributed by atoms with Gasteiger partial charge in [0, 0.05) is 17.0 Å². The average molecular weight is 443 g/mol. The van der Waals surface area contributed by atoms with Gasteiger partial charge in [-0.1, -0.05) is 0 Å². The van der Waals surface area contributed by atoms with Crippen molar-refractivity contribution in [3.05, 3.63) is 17.2 Å². The SMILES string of the molecule is Cc1c(OCC2CO2)cc(OCC2CO2)c(OCC2CO2)c1C12CC3CC(CC(C3)C1)C2. The van der Waals surface area contributed by atoms with Crippen LogP contribution in [0.2, 0.25) is 0 Å². The third-order valence-corrected chi connectivity index (χ3v) is 8.50. The highest BCUT2D eigenvalue weighted by molar-refractivity contribution is 5.60. The second-order valence-corrected chi connectivity index (χ2v) is 11.2. The highest BCUT2D eigenvalue weighted by Crippen LogP contribution is 2.63. The van der Waals surface area contributed by atoms with E-state index in [1.165, 1.54) is 49.7 Å². The summed E-state index contributed by atoms with van der Waals surface area (Å²) < 4.78 is 35.5. The van der Waals surface area contributed by atoms with Gasteiger partial charge in [0.05, 0.1) is 19.8 Å². The first-order chi connectivity index (χ1) is 15.6. The molecule has 8 rings (SSSR count). The van der Waals surface area contributed by atoms with Gasteiger partial charge >= 0.3 is 0 Å². The first kappa shape index (κ1) is 19.9. The molecule has 7 fully saturated rings. The molecule has 0 N–H and O–H groups in total. The number of hydrogen-bond acceptors (Lipinski definition) is 6. The number of epoxide rings is 3. The lowest BCUT2D eigenvalue weighted by molar-refractivity contribution is -0.00707. The van der Waals surface area contributed by atoms with Crippen molar-refractivity contribution >= 4 is 0 Å². The van der Waals surface area contributed by atoms with Gasteiger partial charge in [-0.05, 0) is 68.8 Å². The lowest BCUT2D eigenvalue weighted by Crippen LogP contribution is -2.49. The summed E-state index contributed by atoms with van der Waals surface area (Å²) >= 11 is 0. The second kappa shape index (κ2) is 7.51. The fourth-order valence-electron chi connectivity index (χ4n) is 7.20. The second-order valence-electron chi connectivity index (χ2n) is 11.2. The summed E-state index contributed by atoms with van der Waals surface area (Å²) in [5.41, 5.74) is 2.77. The maximum absolute atomic E-state index is 6.54. The smallest absolute Gasteiger partial charge is 0.165 e. The summed E-state index contributed by atoms with van der Waals surface area (Å²) in [6.07, 6.45) is 8.71. The molecular formula is C26H34O6. The van der Waals surface area contributed by atoms with E-state index in [4.69, 9.17) is 28.4 Å². The number of benzene rings is 1. The van der Waals surface area contributed by atoms with Crippen molar-refractivity contribution in [1.82, 2.24) is 0 Å². The Hall–Kier alpha value is -1.50. The fourth-order valence-corrected chi connectivity index (χ4v) is 7.20. The third-order valence-electron chi connectivity index (χ3n) is 8.50. The average Bonchev–Trinajstić information content (AvgIpc) is 3.59. The van der Waals surface area contributed by atoms with Crippen molar-refractivity contribution in [2.24, 2.45) is 17.8 Å². The van der Waals surface area contributed by atoms with Crippen LogP contribution in [0.25, 0.3) is 0 Å². The monoisotopic (exact) mass is 442 g/mol. The Morgan fingerprint density at radius 3 is 1.72 bits per heavy atom. The predicted molar refractivity (Wildman–Crippen MR) is 117 cm³/mol. The molecule has 6 heteroatoms. The number of hydrogen-bond donors (Lipinski definition) is 0. The van der Waals surface area contributed by atoms with E-state index in [9.17, 15) is 0 Å². The molecule has 6 nitrogen and oxygen atoms in total. The Balaban J connectivity index is 1.30. The molecule has 1 aromatic rings. The topological polar surface area (TPSA) is 65.3 Å². The van der Waals surface area contributed by atoms with Gasteiger partial charge in [0.1, 0.15) is 43.9 Å². The Kier molecular flexibility index (Phi) is 4.67. The summed E-state index contributed by atoms with van der Waals surface area (Å²) in [6.45, 7) is 6.35. The number of rotatable bonds is 10. The zero-order valence-electron chi connectivity index (χ0n) is 19.0. The van der Waals surface area contributed by atoms with Gasteiger partial charge in [-0.2, -0.15) is 0 Å². The Morgan fingerprint density at radius 1 is 0.750 bits per heavy atom. The zero-order valence-corrected chi connectivity index (χ0v) is 19.0. The van der Waals surface area contributed by atoms with E-state index in [-0.39, 0.29) is 23.7 Å². The summed E-state index contributed by atoms with van der Waals surface area (Å²) in [7, 11) is 0. The van der Waals surface area contributed by atoms with Crippen molar-refractivity contribution < 1.29 is 28.4 Å². The Labute approximate surface area is 189 Å². The lowest BCUT2D eigenvalue weighted by Gasteiger charge is -2.57. The van der Waals surface area contributed by atoms with Gasteiger partial charge in [0.2, 0.25) is 0 Å². The highest BCUT2D eigenvalue weighted by atomic mass is 16.6. The molecule has 3 aliphatic heterocycles. The molecule has 3 atom stereocenters. The van der Waals surface area contributed by atoms with Crippen LogP contribution in [0.3, 0.4) is 0 Å². The Bertz CT molecular complexity index is 850. The van der Waals surface area contributed by atoms with Crippen molar-refractivity contribution in [1.29, 1.82) is 0 Å². The van der Waals surface area contributed by atoms with E-state index in [0.717, 1.165) is 54.8 Å². The number of ether oxygens (including phenoxy) is 6. The summed E-state index contributed by atoms with van der Waals surface area (Å²) in [5, 5.41) is 0. The van der Waals surface area contributed by atoms with Crippen molar-refractivity contribution in [3.8, 4) is 17.2 Å². The van der Waals surface area contributed by atoms with Gasteiger partial charge in [-0.3, -0.25) is 0 Å². The summed E-state index contributed by atoms with van der Waals surface area (Å²) in [4.78, 5) is 0. The molecule has 4 saturated carbocycles. The minimum atomic E-state index is 0.183. The van der Waals surface area contributed by atoms with Crippen LogP contribution in [0.15, 0.2) is 6.07 Å². The van der Waals surface area contributed by atoms with E-state index in [2.05, 4.69) is 6.92 Å². The summed E-state index contributed by atoms with van der Waals surface area (Å²) in [5.74, 6) is 5.24. The van der Waals surface area contributed by atoms with E-state index in [1.807, 2.05) is 6.07 Å². The van der Waals surface area contributed by atoms with Crippen LogP contribution in [0.5, 0.6) is 17.2 Å². The maximum atomic E-state index is 6.54. The van der Waals surface area contributed by atoms with Crippen LogP contribution < -0.4 is 14.2 Å². The molecular weight excluding hydrogens is 408 g/mol. The maximum Gasteiger partial charge on any atom is 0.165 e. The molecule has 0 spiro atoms. The minimum Gasteiger partial charge on any atom is -0.490 e. The van der Waals surface area contributed by atoms with Crippen molar-refractivity contribution in [3.63, 3.8) is 0 Å². The molecule has 4 aliphatic carbocycles. The third kappa shape index (κ3) is 3.78. The van der Waals surface area contributed by atoms with Gasteiger partial charge in [-0.25, -0.2) is 0 Å². The first-order valence-corrected chi connectivity index (χ1v) is 12.6. The van der Waals surface area contributed by atoms with Crippen molar-refractivity contribution in [2.45, 2.75) is 69.2 Å². The standard InChI is InChI=1S/C26H34O6/c1-15-22(30-12-19-9-27-19)5-23(31-13-20-10-28-20)25(32-14-21-11-29-21)24(15)26-6-16-2-17(7-26)4-18(3-16)8-26/h5,16-21H,2-4,6-14H2,1H3. The van der Waals surface area contributed by atoms with Crippen LogP contribution in [0.1, 0.15) is 49.7 Å². The molecule has 0 aromatic heterocycles. The molecule has 1 aromatic carbocycles. The molecule has 7 aliphatic rings. The van der Waals surface area contributed by atoms with Crippen LogP contribution in [0.4, 0.5) is 0 Å². The van der Waals surface area contributed by atoms with Crippen LogP contribution in [-0.2, 0) is 19.6 Å². The molecule has 3 saturated heterocycles. The molecule has 3 unspecified atom stereocenters. The van der Waals surface area contributed by atoms with Gasteiger partial charge in [0.15, 0.2) is 11.5 Å². The van der Waals surface area contributed by atoms with Crippen molar-refractivity contribution in [2.75, 3.05) is 39.6 Å². The van der Waals surface area contributed by atoms with Gasteiger partial charge in [0.25, 0.3) is 0 Å². The van der Waals surface area contributed by atoms with Crippen LogP contribution in [-0.4, -0.2) is 58.0 Å². The molecule has 174 valence electrons. The fraction of sp³-hybridized carbons (Fsp3) is 0.769. The first-order valence-electron chi connectivity index (χ1n) is 12.6. The lowest BCUT2D eigenvalue weighted by atomic mass is 9.47. The van der Waals surface area contributed by atoms with E-state index < -0.39 is 0 Å². The molecule has 4 bridgehead atoms. The Morgan fingerprint density at radius 2 is 1.22 bits per heavy atom. The predicted octanol–water partition coefficient (Wildman–Crippen LogP) is 3.80. The zero-order chi connectivity index (χ0) is 21.3. The van der Waals surface area contributed by atoms with E-state index in [1.54, 1.807) is 0 Å². The molecule has 32 heavy (non-hydrogen) atoms. The normalized spacial score (nSPS) is 40.3. The van der Waals surface area contributed by atoms with E-state index in [0.29, 0.717) is 19.8 Å². The molecule has 0 radical (unpaired) electrons. The minimum absolute atomic E-state index is 0.183. The van der Waals surface area contributed by atoms with E-state index >= 15 is 0 Å². The van der Waals surface area contributed by atoms with Crippen LogP contribution in [0, 0.1) is 24.7 Å². The highest BCUT2D eigenvalue weighted by Gasteiger charge is 2.53. The van der Waals surface area contributed by atoms with Crippen LogP contribution >= 0.6 is 0 Å². The molecule has 3 heterocycles. The largest absolute Gasteiger partial charge is 0.490 e.